The molecular formula is C12H20ClN3OS. The Labute approximate surface area is 118 Å². The van der Waals surface area contributed by atoms with E-state index >= 15 is 0 Å². The molecule has 6 heteroatoms. The molecule has 0 saturated carbocycles. The van der Waals surface area contributed by atoms with Gasteiger partial charge in [0.15, 0.2) is 5.16 Å². The summed E-state index contributed by atoms with van der Waals surface area (Å²) in [5.41, 5.74) is -0.759. The van der Waals surface area contributed by atoms with E-state index in [1.165, 1.54) is 11.8 Å². The van der Waals surface area contributed by atoms with E-state index in [4.69, 9.17) is 11.6 Å². The second-order valence-corrected chi connectivity index (χ2v) is 6.17. The minimum absolute atomic E-state index is 0.403. The zero-order valence-corrected chi connectivity index (χ0v) is 12.8. The number of hydrogen-bond acceptors (Lipinski definition) is 5. The first-order valence-electron chi connectivity index (χ1n) is 5.87. The molecule has 4 nitrogen and oxygen atoms in total. The Morgan fingerprint density at radius 2 is 2.17 bits per heavy atom. The molecule has 0 aliphatic rings. The third kappa shape index (κ3) is 5.42. The maximum atomic E-state index is 10.2. The summed E-state index contributed by atoms with van der Waals surface area (Å²) in [5.74, 6) is 1.08. The van der Waals surface area contributed by atoms with E-state index in [2.05, 4.69) is 29.1 Å². The molecule has 1 heterocycles. The summed E-state index contributed by atoms with van der Waals surface area (Å²) in [6.45, 7) is 6.42. The normalized spacial score (nSPS) is 14.6. The lowest BCUT2D eigenvalue weighted by molar-refractivity contribution is 0.0514. The topological polar surface area (TPSA) is 58.0 Å². The highest BCUT2D eigenvalue weighted by molar-refractivity contribution is 7.98. The van der Waals surface area contributed by atoms with Crippen LogP contribution in [0.2, 0.25) is 5.15 Å². The second kappa shape index (κ2) is 6.59. The molecule has 102 valence electrons. The lowest BCUT2D eigenvalue weighted by atomic mass is 9.94. The number of anilines is 1. The van der Waals surface area contributed by atoms with E-state index in [-0.39, 0.29) is 0 Å². The number of aliphatic hydroxyl groups is 1. The maximum absolute atomic E-state index is 10.2. The molecule has 0 saturated heterocycles. The Morgan fingerprint density at radius 1 is 1.50 bits per heavy atom. The van der Waals surface area contributed by atoms with Crippen molar-refractivity contribution in [3.05, 3.63) is 11.2 Å². The Morgan fingerprint density at radius 3 is 2.72 bits per heavy atom. The third-order valence-corrected chi connectivity index (χ3v) is 3.10. The van der Waals surface area contributed by atoms with Crippen molar-refractivity contribution in [1.82, 2.24) is 9.97 Å². The standard InChI is InChI=1S/C12H20ClN3OS/c1-8(2)6-12(3,17)7-14-10-5-9(13)15-11(16-10)18-4/h5,8,17H,6-7H2,1-4H3,(H,14,15,16). The fraction of sp³-hybridized carbons (Fsp3) is 0.667. The number of nitrogens with zero attached hydrogens (tertiary/aromatic N) is 2. The van der Waals surface area contributed by atoms with Gasteiger partial charge in [0.05, 0.1) is 5.60 Å². The van der Waals surface area contributed by atoms with Gasteiger partial charge in [-0.25, -0.2) is 9.97 Å². The highest BCUT2D eigenvalue weighted by Crippen LogP contribution is 2.20. The van der Waals surface area contributed by atoms with Gasteiger partial charge in [-0.15, -0.1) is 0 Å². The van der Waals surface area contributed by atoms with Gasteiger partial charge < -0.3 is 10.4 Å². The first-order chi connectivity index (χ1) is 8.32. The van der Waals surface area contributed by atoms with Crippen LogP contribution in [-0.2, 0) is 0 Å². The average molecular weight is 290 g/mol. The molecule has 1 aromatic heterocycles. The van der Waals surface area contributed by atoms with Crippen molar-refractivity contribution >= 4 is 29.2 Å². The van der Waals surface area contributed by atoms with Crippen molar-refractivity contribution in [2.75, 3.05) is 18.1 Å². The first kappa shape index (κ1) is 15.5. The van der Waals surface area contributed by atoms with E-state index in [0.717, 1.165) is 6.42 Å². The highest BCUT2D eigenvalue weighted by Gasteiger charge is 2.21. The van der Waals surface area contributed by atoms with Crippen molar-refractivity contribution in [2.45, 2.75) is 37.9 Å². The van der Waals surface area contributed by atoms with Crippen LogP contribution in [0.3, 0.4) is 0 Å². The van der Waals surface area contributed by atoms with Crippen LogP contribution in [0.15, 0.2) is 11.2 Å². The maximum Gasteiger partial charge on any atom is 0.190 e. The zero-order valence-electron chi connectivity index (χ0n) is 11.2. The van der Waals surface area contributed by atoms with Crippen LogP contribution in [0.25, 0.3) is 0 Å². The van der Waals surface area contributed by atoms with Gasteiger partial charge in [0, 0.05) is 12.6 Å². The number of thioether (sulfide) groups is 1. The van der Waals surface area contributed by atoms with Crippen LogP contribution in [0, 0.1) is 5.92 Å². The van der Waals surface area contributed by atoms with Crippen LogP contribution in [0.1, 0.15) is 27.2 Å². The van der Waals surface area contributed by atoms with E-state index < -0.39 is 5.60 Å². The Kier molecular flexibility index (Phi) is 5.69. The summed E-state index contributed by atoms with van der Waals surface area (Å²) in [5, 5.41) is 14.3. The second-order valence-electron chi connectivity index (χ2n) is 5.01. The Hall–Kier alpha value is -0.520. The van der Waals surface area contributed by atoms with Gasteiger partial charge in [0.25, 0.3) is 0 Å². The van der Waals surface area contributed by atoms with Crippen molar-refractivity contribution in [3.8, 4) is 0 Å². The molecule has 1 aromatic rings. The summed E-state index contributed by atoms with van der Waals surface area (Å²) in [7, 11) is 0. The summed E-state index contributed by atoms with van der Waals surface area (Å²) in [6.07, 6.45) is 2.62. The van der Waals surface area contributed by atoms with Gasteiger partial charge in [-0.1, -0.05) is 37.2 Å². The van der Waals surface area contributed by atoms with Crippen LogP contribution >= 0.6 is 23.4 Å². The van der Waals surface area contributed by atoms with Gasteiger partial charge in [0.2, 0.25) is 0 Å². The van der Waals surface area contributed by atoms with Gasteiger partial charge in [0.1, 0.15) is 11.0 Å². The van der Waals surface area contributed by atoms with Crippen LogP contribution < -0.4 is 5.32 Å². The summed E-state index contributed by atoms with van der Waals surface area (Å²) >= 11 is 7.33. The summed E-state index contributed by atoms with van der Waals surface area (Å²) < 4.78 is 0. The smallest absolute Gasteiger partial charge is 0.190 e. The SMILES string of the molecule is CSc1nc(Cl)cc(NCC(C)(O)CC(C)C)n1. The van der Waals surface area contributed by atoms with Gasteiger partial charge in [-0.3, -0.25) is 0 Å². The van der Waals surface area contributed by atoms with Gasteiger partial charge >= 0.3 is 0 Å². The Bertz CT molecular complexity index is 399. The number of rotatable bonds is 6. The summed E-state index contributed by atoms with van der Waals surface area (Å²) in [4.78, 5) is 8.34. The minimum atomic E-state index is -0.759. The fourth-order valence-corrected chi connectivity index (χ4v) is 2.42. The molecule has 0 aliphatic heterocycles. The van der Waals surface area contributed by atoms with E-state index in [1.807, 2.05) is 13.2 Å². The van der Waals surface area contributed by atoms with Gasteiger partial charge in [-0.2, -0.15) is 0 Å². The molecule has 0 radical (unpaired) electrons. The van der Waals surface area contributed by atoms with Crippen molar-refractivity contribution in [1.29, 1.82) is 0 Å². The predicted octanol–water partition coefficient (Wildman–Crippen LogP) is 3.06. The number of nitrogens with one attached hydrogen (secondary N) is 1. The largest absolute Gasteiger partial charge is 0.388 e. The van der Waals surface area contributed by atoms with Crippen molar-refractivity contribution in [2.24, 2.45) is 5.92 Å². The van der Waals surface area contributed by atoms with Crippen molar-refractivity contribution < 1.29 is 5.11 Å². The minimum Gasteiger partial charge on any atom is -0.388 e. The highest BCUT2D eigenvalue weighted by atomic mass is 35.5. The van der Waals surface area contributed by atoms with Crippen molar-refractivity contribution in [3.63, 3.8) is 0 Å². The molecule has 18 heavy (non-hydrogen) atoms. The van der Waals surface area contributed by atoms with E-state index in [1.54, 1.807) is 6.07 Å². The van der Waals surface area contributed by atoms with E-state index in [0.29, 0.717) is 28.6 Å². The predicted molar refractivity (Wildman–Crippen MR) is 77.4 cm³/mol. The first-order valence-corrected chi connectivity index (χ1v) is 7.47. The lowest BCUT2D eigenvalue weighted by Crippen LogP contribution is -2.35. The van der Waals surface area contributed by atoms with Gasteiger partial charge in [-0.05, 0) is 25.5 Å². The average Bonchev–Trinajstić information content (AvgIpc) is 2.24. The molecule has 0 amide bonds. The number of hydrogen-bond donors (Lipinski definition) is 2. The summed E-state index contributed by atoms with van der Waals surface area (Å²) in [6, 6.07) is 1.66. The molecule has 0 aliphatic carbocycles. The monoisotopic (exact) mass is 289 g/mol. The fourth-order valence-electron chi connectivity index (χ4n) is 1.81. The molecule has 0 bridgehead atoms. The third-order valence-electron chi connectivity index (χ3n) is 2.36. The van der Waals surface area contributed by atoms with E-state index in [9.17, 15) is 5.11 Å². The quantitative estimate of drug-likeness (QED) is 0.479. The molecule has 0 fully saturated rings. The number of halogens is 1. The molecule has 1 unspecified atom stereocenters. The Balaban J connectivity index is 2.65. The molecular weight excluding hydrogens is 270 g/mol. The van der Waals surface area contributed by atoms with Crippen LogP contribution in [0.5, 0.6) is 0 Å². The van der Waals surface area contributed by atoms with Crippen LogP contribution in [0.4, 0.5) is 5.82 Å². The lowest BCUT2D eigenvalue weighted by Gasteiger charge is -2.25. The zero-order chi connectivity index (χ0) is 13.8. The molecule has 2 N–H and O–H groups in total. The molecule has 1 rings (SSSR count). The molecule has 1 atom stereocenters. The molecule has 0 aromatic carbocycles. The molecule has 0 spiro atoms. The number of aromatic nitrogens is 2. The van der Waals surface area contributed by atoms with Crippen LogP contribution in [-0.4, -0.2) is 33.5 Å².